The molecular formula is C20H25NO2. The van der Waals surface area contributed by atoms with Gasteiger partial charge in [-0.2, -0.15) is 0 Å². The lowest BCUT2D eigenvalue weighted by Gasteiger charge is -2.30. The van der Waals surface area contributed by atoms with E-state index in [1.54, 1.807) is 13.8 Å². The van der Waals surface area contributed by atoms with E-state index >= 15 is 0 Å². The fourth-order valence-electron chi connectivity index (χ4n) is 2.62. The molecule has 1 atom stereocenters. The van der Waals surface area contributed by atoms with E-state index in [1.807, 2.05) is 67.6 Å². The number of rotatable bonds is 6. The number of benzene rings is 2. The van der Waals surface area contributed by atoms with Crippen molar-refractivity contribution in [2.24, 2.45) is 0 Å². The van der Waals surface area contributed by atoms with Crippen molar-refractivity contribution in [1.29, 1.82) is 0 Å². The maximum atomic E-state index is 12.9. The van der Waals surface area contributed by atoms with Gasteiger partial charge >= 0.3 is 0 Å². The summed E-state index contributed by atoms with van der Waals surface area (Å²) < 4.78 is 0. The zero-order valence-corrected chi connectivity index (χ0v) is 14.0. The van der Waals surface area contributed by atoms with Crippen molar-refractivity contribution in [3.05, 3.63) is 71.8 Å². The highest BCUT2D eigenvalue weighted by Gasteiger charge is 2.35. The van der Waals surface area contributed by atoms with Crippen LogP contribution < -0.4 is 5.32 Å². The third kappa shape index (κ3) is 4.67. The summed E-state index contributed by atoms with van der Waals surface area (Å²) in [5.74, 6) is -0.0744. The fourth-order valence-corrected chi connectivity index (χ4v) is 2.62. The summed E-state index contributed by atoms with van der Waals surface area (Å²) in [4.78, 5) is 12.9. The van der Waals surface area contributed by atoms with E-state index in [0.717, 1.165) is 11.1 Å². The second kappa shape index (κ2) is 6.97. The Labute approximate surface area is 138 Å². The molecule has 122 valence electrons. The molecule has 1 unspecified atom stereocenters. The Morgan fingerprint density at radius 1 is 0.957 bits per heavy atom. The van der Waals surface area contributed by atoms with Crippen molar-refractivity contribution in [3.63, 3.8) is 0 Å². The van der Waals surface area contributed by atoms with Crippen LogP contribution in [-0.4, -0.2) is 23.2 Å². The molecule has 0 aliphatic carbocycles. The first kappa shape index (κ1) is 17.2. The Morgan fingerprint density at radius 2 is 1.48 bits per heavy atom. The van der Waals surface area contributed by atoms with E-state index in [4.69, 9.17) is 0 Å². The number of nitrogens with one attached hydrogen (secondary N) is 1. The van der Waals surface area contributed by atoms with Gasteiger partial charge in [0.05, 0.1) is 11.0 Å². The highest BCUT2D eigenvalue weighted by Crippen LogP contribution is 2.28. The van der Waals surface area contributed by atoms with Crippen molar-refractivity contribution < 1.29 is 9.90 Å². The smallest absolute Gasteiger partial charge is 0.230 e. The summed E-state index contributed by atoms with van der Waals surface area (Å²) in [6.07, 6.45) is 0.607. The van der Waals surface area contributed by atoms with Gasteiger partial charge in [-0.3, -0.25) is 4.79 Å². The van der Waals surface area contributed by atoms with Gasteiger partial charge in [0, 0.05) is 6.54 Å². The maximum Gasteiger partial charge on any atom is 0.230 e. The highest BCUT2D eigenvalue weighted by atomic mass is 16.3. The molecule has 2 aromatic carbocycles. The fraction of sp³-hybridized carbons (Fsp3) is 0.350. The van der Waals surface area contributed by atoms with Crippen LogP contribution in [-0.2, 0) is 16.6 Å². The normalized spacial score (nSPS) is 14.1. The van der Waals surface area contributed by atoms with E-state index in [0.29, 0.717) is 6.42 Å². The number of hydrogen-bond donors (Lipinski definition) is 2. The predicted molar refractivity (Wildman–Crippen MR) is 93.2 cm³/mol. The third-order valence-electron chi connectivity index (χ3n) is 3.99. The average Bonchev–Trinajstić information content (AvgIpc) is 2.53. The lowest BCUT2D eigenvalue weighted by molar-refractivity contribution is -0.127. The van der Waals surface area contributed by atoms with Crippen LogP contribution in [0.5, 0.6) is 0 Å². The zero-order chi connectivity index (χ0) is 16.9. The monoisotopic (exact) mass is 311 g/mol. The SMILES string of the molecule is CC(C)(O)CNC(=O)C(C)(Cc1ccccc1)c1ccccc1. The molecule has 2 N–H and O–H groups in total. The Kier molecular flexibility index (Phi) is 5.22. The van der Waals surface area contributed by atoms with Crippen molar-refractivity contribution in [1.82, 2.24) is 5.32 Å². The molecule has 3 heteroatoms. The van der Waals surface area contributed by atoms with Crippen molar-refractivity contribution >= 4 is 5.91 Å². The van der Waals surface area contributed by atoms with Gasteiger partial charge in [-0.05, 0) is 38.3 Å². The van der Waals surface area contributed by atoms with Gasteiger partial charge < -0.3 is 10.4 Å². The first-order chi connectivity index (χ1) is 10.8. The lowest BCUT2D eigenvalue weighted by atomic mass is 9.76. The van der Waals surface area contributed by atoms with Crippen LogP contribution in [0.3, 0.4) is 0 Å². The number of carbonyl (C=O) groups excluding carboxylic acids is 1. The summed E-state index contributed by atoms with van der Waals surface area (Å²) in [6, 6.07) is 19.8. The molecule has 2 rings (SSSR count). The maximum absolute atomic E-state index is 12.9. The van der Waals surface area contributed by atoms with E-state index in [1.165, 1.54) is 0 Å². The summed E-state index contributed by atoms with van der Waals surface area (Å²) in [7, 11) is 0. The Balaban J connectivity index is 2.30. The lowest BCUT2D eigenvalue weighted by Crippen LogP contribution is -2.48. The van der Waals surface area contributed by atoms with Gasteiger partial charge in [-0.1, -0.05) is 60.7 Å². The summed E-state index contributed by atoms with van der Waals surface area (Å²) in [6.45, 7) is 5.55. The molecule has 2 aromatic rings. The second-order valence-electron chi connectivity index (χ2n) is 6.86. The van der Waals surface area contributed by atoms with Gasteiger partial charge in [0.2, 0.25) is 5.91 Å². The van der Waals surface area contributed by atoms with Gasteiger partial charge in [-0.25, -0.2) is 0 Å². The molecule has 0 radical (unpaired) electrons. The van der Waals surface area contributed by atoms with Gasteiger partial charge in [0.1, 0.15) is 0 Å². The van der Waals surface area contributed by atoms with Crippen LogP contribution in [0, 0.1) is 0 Å². The Morgan fingerprint density at radius 3 is 2.00 bits per heavy atom. The minimum Gasteiger partial charge on any atom is -0.389 e. The molecule has 0 fully saturated rings. The molecule has 0 aromatic heterocycles. The number of carbonyl (C=O) groups is 1. The van der Waals surface area contributed by atoms with Crippen LogP contribution in [0.1, 0.15) is 31.9 Å². The molecule has 0 saturated heterocycles. The minimum absolute atomic E-state index is 0.0744. The molecule has 23 heavy (non-hydrogen) atoms. The second-order valence-corrected chi connectivity index (χ2v) is 6.86. The third-order valence-corrected chi connectivity index (χ3v) is 3.99. The number of amides is 1. The highest BCUT2D eigenvalue weighted by molar-refractivity contribution is 5.88. The summed E-state index contributed by atoms with van der Waals surface area (Å²) in [5, 5.41) is 12.8. The van der Waals surface area contributed by atoms with Crippen molar-refractivity contribution in [2.75, 3.05) is 6.54 Å². The molecular weight excluding hydrogens is 286 g/mol. The summed E-state index contributed by atoms with van der Waals surface area (Å²) in [5.41, 5.74) is 0.461. The van der Waals surface area contributed by atoms with Crippen LogP contribution in [0.2, 0.25) is 0 Å². The van der Waals surface area contributed by atoms with E-state index < -0.39 is 11.0 Å². The number of hydrogen-bond acceptors (Lipinski definition) is 2. The van der Waals surface area contributed by atoms with Crippen molar-refractivity contribution in [2.45, 2.75) is 38.2 Å². The molecule has 0 heterocycles. The minimum atomic E-state index is -0.931. The molecule has 0 bridgehead atoms. The van der Waals surface area contributed by atoms with Crippen molar-refractivity contribution in [3.8, 4) is 0 Å². The quantitative estimate of drug-likeness (QED) is 0.861. The molecule has 0 spiro atoms. The molecule has 1 amide bonds. The molecule has 0 aliphatic heterocycles. The molecule has 0 saturated carbocycles. The molecule has 3 nitrogen and oxygen atoms in total. The van der Waals surface area contributed by atoms with Crippen LogP contribution in [0.4, 0.5) is 0 Å². The standard InChI is InChI=1S/C20H25NO2/c1-19(2,23)15-21-18(22)20(3,17-12-8-5-9-13-17)14-16-10-6-4-7-11-16/h4-13,23H,14-15H2,1-3H3,(H,21,22). The summed E-state index contributed by atoms with van der Waals surface area (Å²) >= 11 is 0. The first-order valence-electron chi connectivity index (χ1n) is 7.91. The van der Waals surface area contributed by atoms with Crippen LogP contribution >= 0.6 is 0 Å². The predicted octanol–water partition coefficient (Wildman–Crippen LogP) is 3.07. The topological polar surface area (TPSA) is 49.3 Å². The van der Waals surface area contributed by atoms with Gasteiger partial charge in [-0.15, -0.1) is 0 Å². The van der Waals surface area contributed by atoms with Gasteiger partial charge in [0.15, 0.2) is 0 Å². The largest absolute Gasteiger partial charge is 0.389 e. The van der Waals surface area contributed by atoms with Gasteiger partial charge in [0.25, 0.3) is 0 Å². The Hall–Kier alpha value is -2.13. The molecule has 0 aliphatic rings. The number of aliphatic hydroxyl groups is 1. The van der Waals surface area contributed by atoms with Crippen LogP contribution in [0.15, 0.2) is 60.7 Å². The first-order valence-corrected chi connectivity index (χ1v) is 7.91. The van der Waals surface area contributed by atoms with E-state index in [2.05, 4.69) is 5.32 Å². The Bertz CT molecular complexity index is 632. The average molecular weight is 311 g/mol. The van der Waals surface area contributed by atoms with E-state index in [9.17, 15) is 9.90 Å². The van der Waals surface area contributed by atoms with E-state index in [-0.39, 0.29) is 12.5 Å². The zero-order valence-electron chi connectivity index (χ0n) is 14.0. The van der Waals surface area contributed by atoms with Crippen LogP contribution in [0.25, 0.3) is 0 Å².